The van der Waals surface area contributed by atoms with Gasteiger partial charge in [0.2, 0.25) is 5.91 Å². The largest absolute Gasteiger partial charge is 0.342 e. The summed E-state index contributed by atoms with van der Waals surface area (Å²) in [6, 6.07) is -0.506. The van der Waals surface area contributed by atoms with E-state index in [1.165, 1.54) is 0 Å². The number of carbonyl (C=O) groups excluding carboxylic acids is 2. The predicted octanol–water partition coefficient (Wildman–Crippen LogP) is 0.860. The molecule has 1 aliphatic rings. The summed E-state index contributed by atoms with van der Waals surface area (Å²) in [6.07, 6.45) is 2.52. The second-order valence-corrected chi connectivity index (χ2v) is 6.28. The van der Waals surface area contributed by atoms with Crippen LogP contribution in [0.1, 0.15) is 33.4 Å². The van der Waals surface area contributed by atoms with Crippen LogP contribution in [0.25, 0.3) is 0 Å². The van der Waals surface area contributed by atoms with E-state index in [4.69, 9.17) is 0 Å². The van der Waals surface area contributed by atoms with Crippen molar-refractivity contribution in [2.24, 2.45) is 12.5 Å². The number of nitrogens with zero attached hydrogens (tertiary/aromatic N) is 3. The van der Waals surface area contributed by atoms with Crippen LogP contribution in [0.3, 0.4) is 0 Å². The van der Waals surface area contributed by atoms with E-state index in [1.54, 1.807) is 15.8 Å². The molecule has 1 atom stereocenters. The third-order valence-electron chi connectivity index (χ3n) is 3.49. The van der Waals surface area contributed by atoms with Crippen molar-refractivity contribution in [3.05, 3.63) is 11.9 Å². The lowest BCUT2D eigenvalue weighted by atomic mass is 9.84. The Morgan fingerprint density at radius 3 is 2.60 bits per heavy atom. The summed E-state index contributed by atoms with van der Waals surface area (Å²) in [5.41, 5.74) is 1.26. The minimum absolute atomic E-state index is 0.0596. The van der Waals surface area contributed by atoms with Crippen molar-refractivity contribution in [1.29, 1.82) is 0 Å². The molecule has 2 amide bonds. The van der Waals surface area contributed by atoms with E-state index in [0.29, 0.717) is 0 Å². The molecule has 0 saturated carbocycles. The van der Waals surface area contributed by atoms with Gasteiger partial charge in [-0.05, 0) is 11.8 Å². The molecule has 1 saturated heterocycles. The number of hydrogen-bond acceptors (Lipinski definition) is 3. The summed E-state index contributed by atoms with van der Waals surface area (Å²) in [5.74, 6) is -0.199. The lowest BCUT2D eigenvalue weighted by molar-refractivity contribution is -0.133. The fraction of sp³-hybridized carbons (Fsp3) is 0.643. The standard InChI is InChI=1S/C14H22N4O2/c1-6-9-10(7-17(5)16-9)18-8-11(19)15-12(13(18)20)14(2,3)4/h7,12H,6,8H2,1-5H3,(H,15,19). The average Bonchev–Trinajstić information content (AvgIpc) is 2.71. The van der Waals surface area contributed by atoms with Gasteiger partial charge >= 0.3 is 0 Å². The van der Waals surface area contributed by atoms with Crippen LogP contribution >= 0.6 is 0 Å². The number of nitrogens with one attached hydrogen (secondary N) is 1. The molecule has 6 nitrogen and oxygen atoms in total. The molecule has 0 aliphatic carbocycles. The van der Waals surface area contributed by atoms with Gasteiger partial charge < -0.3 is 5.32 Å². The van der Waals surface area contributed by atoms with Gasteiger partial charge in [-0.2, -0.15) is 5.10 Å². The van der Waals surface area contributed by atoms with Gasteiger partial charge in [-0.15, -0.1) is 0 Å². The van der Waals surface area contributed by atoms with Crippen molar-refractivity contribution in [3.8, 4) is 0 Å². The summed E-state index contributed by atoms with van der Waals surface area (Å²) in [6.45, 7) is 7.89. The molecular weight excluding hydrogens is 256 g/mol. The van der Waals surface area contributed by atoms with Crippen LogP contribution in [0.2, 0.25) is 0 Å². The Labute approximate surface area is 119 Å². The first-order valence-electron chi connectivity index (χ1n) is 6.87. The number of carbonyl (C=O) groups is 2. The van der Waals surface area contributed by atoms with Gasteiger partial charge in [-0.1, -0.05) is 27.7 Å². The normalized spacial score (nSPS) is 20.2. The minimum atomic E-state index is -0.506. The smallest absolute Gasteiger partial charge is 0.250 e. The number of piperazine rings is 1. The molecule has 2 heterocycles. The molecule has 1 unspecified atom stereocenters. The van der Waals surface area contributed by atoms with Crippen molar-refractivity contribution in [1.82, 2.24) is 15.1 Å². The molecule has 0 aromatic carbocycles. The van der Waals surface area contributed by atoms with Crippen molar-refractivity contribution in [3.63, 3.8) is 0 Å². The number of amides is 2. The Balaban J connectivity index is 2.40. The number of aromatic nitrogens is 2. The van der Waals surface area contributed by atoms with E-state index < -0.39 is 6.04 Å². The van der Waals surface area contributed by atoms with Gasteiger partial charge in [-0.3, -0.25) is 19.2 Å². The summed E-state index contributed by atoms with van der Waals surface area (Å²) in [4.78, 5) is 26.1. The zero-order chi connectivity index (χ0) is 15.1. The Bertz CT molecular complexity index is 542. The maximum Gasteiger partial charge on any atom is 0.250 e. The van der Waals surface area contributed by atoms with E-state index in [1.807, 2.05) is 34.7 Å². The number of aryl methyl sites for hydroxylation is 2. The molecule has 0 spiro atoms. The maximum atomic E-state index is 12.7. The fourth-order valence-corrected chi connectivity index (χ4v) is 2.44. The second kappa shape index (κ2) is 4.92. The van der Waals surface area contributed by atoms with Crippen molar-refractivity contribution in [2.75, 3.05) is 11.4 Å². The van der Waals surface area contributed by atoms with Gasteiger partial charge in [0.1, 0.15) is 12.6 Å². The van der Waals surface area contributed by atoms with Crippen LogP contribution in [0.15, 0.2) is 6.20 Å². The number of rotatable bonds is 2. The molecule has 1 aromatic heterocycles. The first-order chi connectivity index (χ1) is 9.24. The van der Waals surface area contributed by atoms with E-state index in [0.717, 1.165) is 17.8 Å². The molecule has 0 bridgehead atoms. The molecule has 20 heavy (non-hydrogen) atoms. The maximum absolute atomic E-state index is 12.7. The monoisotopic (exact) mass is 278 g/mol. The number of anilines is 1. The first-order valence-corrected chi connectivity index (χ1v) is 6.87. The van der Waals surface area contributed by atoms with Gasteiger partial charge in [0.05, 0.1) is 11.4 Å². The zero-order valence-electron chi connectivity index (χ0n) is 12.7. The lowest BCUT2D eigenvalue weighted by Crippen LogP contribution is -2.62. The highest BCUT2D eigenvalue weighted by Gasteiger charge is 2.41. The molecule has 1 aromatic rings. The van der Waals surface area contributed by atoms with Gasteiger partial charge in [0.25, 0.3) is 5.91 Å². The predicted molar refractivity (Wildman–Crippen MR) is 76.3 cm³/mol. The molecule has 1 fully saturated rings. The van der Waals surface area contributed by atoms with E-state index in [2.05, 4.69) is 10.4 Å². The van der Waals surface area contributed by atoms with Crippen LogP contribution in [-0.2, 0) is 23.1 Å². The minimum Gasteiger partial charge on any atom is -0.342 e. The molecule has 0 radical (unpaired) electrons. The van der Waals surface area contributed by atoms with E-state index >= 15 is 0 Å². The van der Waals surface area contributed by atoms with Crippen LogP contribution in [0, 0.1) is 5.41 Å². The Morgan fingerprint density at radius 2 is 2.05 bits per heavy atom. The quantitative estimate of drug-likeness (QED) is 0.872. The van der Waals surface area contributed by atoms with Gasteiger partial charge in [-0.25, -0.2) is 0 Å². The van der Waals surface area contributed by atoms with Crippen LogP contribution in [0.4, 0.5) is 5.69 Å². The number of hydrogen-bond donors (Lipinski definition) is 1. The van der Waals surface area contributed by atoms with Crippen LogP contribution < -0.4 is 10.2 Å². The van der Waals surface area contributed by atoms with Crippen LogP contribution in [0.5, 0.6) is 0 Å². The third-order valence-corrected chi connectivity index (χ3v) is 3.49. The Kier molecular flexibility index (Phi) is 3.58. The lowest BCUT2D eigenvalue weighted by Gasteiger charge is -2.38. The van der Waals surface area contributed by atoms with E-state index in [9.17, 15) is 9.59 Å². The Hall–Kier alpha value is -1.85. The summed E-state index contributed by atoms with van der Waals surface area (Å²) < 4.78 is 1.68. The van der Waals surface area contributed by atoms with E-state index in [-0.39, 0.29) is 23.8 Å². The van der Waals surface area contributed by atoms with Crippen molar-refractivity contribution in [2.45, 2.75) is 40.2 Å². The van der Waals surface area contributed by atoms with Crippen LogP contribution in [-0.4, -0.2) is 34.2 Å². The fourth-order valence-electron chi connectivity index (χ4n) is 2.44. The van der Waals surface area contributed by atoms with Crippen molar-refractivity contribution < 1.29 is 9.59 Å². The third kappa shape index (κ3) is 2.55. The SMILES string of the molecule is CCc1nn(C)cc1N1CC(=O)NC(C(C)(C)C)C1=O. The summed E-state index contributed by atoms with van der Waals surface area (Å²) >= 11 is 0. The van der Waals surface area contributed by atoms with Gasteiger partial charge in [0.15, 0.2) is 0 Å². The zero-order valence-corrected chi connectivity index (χ0v) is 12.7. The average molecular weight is 278 g/mol. The Morgan fingerprint density at radius 1 is 1.40 bits per heavy atom. The second-order valence-electron chi connectivity index (χ2n) is 6.28. The highest BCUT2D eigenvalue weighted by atomic mass is 16.2. The summed E-state index contributed by atoms with van der Waals surface area (Å²) in [5, 5.41) is 7.13. The molecule has 110 valence electrons. The molecule has 6 heteroatoms. The molecule has 1 N–H and O–H groups in total. The molecule has 1 aliphatic heterocycles. The first kappa shape index (κ1) is 14.6. The molecule has 2 rings (SSSR count). The highest BCUT2D eigenvalue weighted by molar-refractivity contribution is 6.07. The topological polar surface area (TPSA) is 67.2 Å². The van der Waals surface area contributed by atoms with Crippen molar-refractivity contribution >= 4 is 17.5 Å². The molecular formula is C14H22N4O2. The highest BCUT2D eigenvalue weighted by Crippen LogP contribution is 2.28. The summed E-state index contributed by atoms with van der Waals surface area (Å²) in [7, 11) is 1.82. The van der Waals surface area contributed by atoms with Gasteiger partial charge in [0, 0.05) is 13.2 Å².